The molecule has 0 aliphatic carbocycles. The van der Waals surface area contributed by atoms with E-state index in [0.29, 0.717) is 5.75 Å². The summed E-state index contributed by atoms with van der Waals surface area (Å²) in [4.78, 5) is 0.836. The quantitative estimate of drug-likeness (QED) is 0.262. The van der Waals surface area contributed by atoms with E-state index in [1.54, 1.807) is 0 Å². The first kappa shape index (κ1) is 25.3. The van der Waals surface area contributed by atoms with Gasteiger partial charge in [-0.3, -0.25) is 4.21 Å². The van der Waals surface area contributed by atoms with E-state index in [-0.39, 0.29) is 11.1 Å². The Bertz CT molecular complexity index is 1190. The lowest BCUT2D eigenvalue weighted by Crippen LogP contribution is -2.67. The van der Waals surface area contributed by atoms with Gasteiger partial charge >= 0.3 is 0 Å². The largest absolute Gasteiger partial charge is 0.400 e. The van der Waals surface area contributed by atoms with Gasteiger partial charge in [0.25, 0.3) is 8.32 Å². The first-order valence-corrected chi connectivity index (χ1v) is 15.3. The van der Waals surface area contributed by atoms with Gasteiger partial charge in [0, 0.05) is 4.90 Å². The molecule has 0 saturated heterocycles. The van der Waals surface area contributed by atoms with Gasteiger partial charge in [-0.2, -0.15) is 0 Å². The van der Waals surface area contributed by atoms with Crippen LogP contribution < -0.4 is 10.4 Å². The van der Waals surface area contributed by atoms with Crippen molar-refractivity contribution in [3.63, 3.8) is 0 Å². The van der Waals surface area contributed by atoms with Crippen molar-refractivity contribution in [3.8, 4) is 0 Å². The normalized spacial score (nSPS) is 13.8. The minimum absolute atomic E-state index is 0.159. The second kappa shape index (κ2) is 10.9. The summed E-state index contributed by atoms with van der Waals surface area (Å²) in [5, 5.41) is 2.29. The summed E-state index contributed by atoms with van der Waals surface area (Å²) in [5.41, 5.74) is 2.22. The fourth-order valence-electron chi connectivity index (χ4n) is 4.69. The molecule has 0 bridgehead atoms. The third-order valence-electron chi connectivity index (χ3n) is 6.49. The highest BCUT2D eigenvalue weighted by molar-refractivity contribution is 7.85. The summed E-state index contributed by atoms with van der Waals surface area (Å²) in [6, 6.07) is 39.5. The molecular weight excluding hydrogens is 464 g/mol. The average Bonchev–Trinajstić information content (AvgIpc) is 2.87. The fraction of sp³-hybridized carbons (Fsp3) is 0.226. The van der Waals surface area contributed by atoms with Crippen molar-refractivity contribution in [3.05, 3.63) is 126 Å². The molecule has 0 spiro atoms. The SMILES string of the molecule is Cc1ccc(S(=O)CC(O[Si](c2ccccc2)(c2ccccc2)C(C)(C)C)c2ccccc2)cc1. The maximum Gasteiger partial charge on any atom is 0.261 e. The summed E-state index contributed by atoms with van der Waals surface area (Å²) in [5.74, 6) is 0.400. The summed E-state index contributed by atoms with van der Waals surface area (Å²) >= 11 is 0. The van der Waals surface area contributed by atoms with Gasteiger partial charge in [0.15, 0.2) is 0 Å². The summed E-state index contributed by atoms with van der Waals surface area (Å²) in [6.45, 7) is 8.88. The van der Waals surface area contributed by atoms with Gasteiger partial charge in [0.05, 0.1) is 22.7 Å². The van der Waals surface area contributed by atoms with Crippen molar-refractivity contribution in [2.45, 2.75) is 43.7 Å². The molecule has 0 aromatic heterocycles. The van der Waals surface area contributed by atoms with E-state index >= 15 is 0 Å². The number of rotatable bonds is 8. The molecule has 0 fully saturated rings. The summed E-state index contributed by atoms with van der Waals surface area (Å²) in [6.07, 6.45) is -0.315. The lowest BCUT2D eigenvalue weighted by Gasteiger charge is -2.45. The Morgan fingerprint density at radius 1 is 0.714 bits per heavy atom. The minimum atomic E-state index is -2.81. The summed E-state index contributed by atoms with van der Waals surface area (Å²) < 4.78 is 21.0. The number of aryl methyl sites for hydroxylation is 1. The second-order valence-electron chi connectivity index (χ2n) is 10.0. The fourth-order valence-corrected chi connectivity index (χ4v) is 10.6. The Morgan fingerprint density at radius 2 is 1.17 bits per heavy atom. The highest BCUT2D eigenvalue weighted by Gasteiger charge is 2.51. The van der Waals surface area contributed by atoms with Crippen LogP contribution in [0.1, 0.15) is 38.0 Å². The predicted octanol–water partition coefficient (Wildman–Crippen LogP) is 6.42. The predicted molar refractivity (Wildman–Crippen MR) is 150 cm³/mol. The van der Waals surface area contributed by atoms with Crippen molar-refractivity contribution in [2.24, 2.45) is 0 Å². The summed E-state index contributed by atoms with van der Waals surface area (Å²) in [7, 11) is -4.01. The van der Waals surface area contributed by atoms with E-state index in [9.17, 15) is 4.21 Å². The van der Waals surface area contributed by atoms with Gasteiger partial charge in [0.1, 0.15) is 0 Å². The maximum atomic E-state index is 13.6. The number of hydrogen-bond donors (Lipinski definition) is 0. The third-order valence-corrected chi connectivity index (χ3v) is 12.9. The van der Waals surface area contributed by atoms with Gasteiger partial charge in [-0.15, -0.1) is 0 Å². The first-order chi connectivity index (χ1) is 16.8. The Balaban J connectivity index is 1.85. The lowest BCUT2D eigenvalue weighted by atomic mass is 10.1. The zero-order chi connectivity index (χ0) is 24.9. The van der Waals surface area contributed by atoms with E-state index in [4.69, 9.17) is 4.43 Å². The van der Waals surface area contributed by atoms with Gasteiger partial charge < -0.3 is 4.43 Å². The number of benzene rings is 4. The van der Waals surface area contributed by atoms with Crippen molar-refractivity contribution in [1.29, 1.82) is 0 Å². The van der Waals surface area contributed by atoms with E-state index in [0.717, 1.165) is 16.0 Å². The molecule has 0 amide bonds. The van der Waals surface area contributed by atoms with Crippen molar-refractivity contribution in [1.82, 2.24) is 0 Å². The van der Waals surface area contributed by atoms with Crippen LogP contribution in [0.25, 0.3) is 0 Å². The van der Waals surface area contributed by atoms with Crippen molar-refractivity contribution in [2.75, 3.05) is 5.75 Å². The van der Waals surface area contributed by atoms with Crippen LogP contribution in [-0.2, 0) is 15.2 Å². The monoisotopic (exact) mass is 498 g/mol. The molecule has 2 atom stereocenters. The van der Waals surface area contributed by atoms with Crippen LogP contribution in [0.5, 0.6) is 0 Å². The molecule has 0 heterocycles. The van der Waals surface area contributed by atoms with Crippen LogP contribution in [0.4, 0.5) is 0 Å². The van der Waals surface area contributed by atoms with E-state index in [1.165, 1.54) is 10.4 Å². The smallest absolute Gasteiger partial charge is 0.261 e. The molecule has 4 heteroatoms. The van der Waals surface area contributed by atoms with Crippen LogP contribution in [0.15, 0.2) is 120 Å². The Hall–Kier alpha value is -2.79. The highest BCUT2D eigenvalue weighted by Crippen LogP contribution is 2.40. The molecule has 2 nitrogen and oxygen atoms in total. The van der Waals surface area contributed by atoms with Crippen molar-refractivity contribution >= 4 is 29.5 Å². The van der Waals surface area contributed by atoms with Crippen LogP contribution >= 0.6 is 0 Å². The lowest BCUT2D eigenvalue weighted by molar-refractivity contribution is 0.214. The van der Waals surface area contributed by atoms with Gasteiger partial charge in [-0.1, -0.05) is 129 Å². The Labute approximate surface area is 213 Å². The highest BCUT2D eigenvalue weighted by atomic mass is 32.2. The Morgan fingerprint density at radius 3 is 1.63 bits per heavy atom. The molecule has 0 aliphatic rings. The molecule has 0 saturated carbocycles. The topological polar surface area (TPSA) is 26.3 Å². The molecule has 4 aromatic carbocycles. The second-order valence-corrected chi connectivity index (χ2v) is 15.8. The third kappa shape index (κ3) is 5.56. The number of hydrogen-bond acceptors (Lipinski definition) is 2. The van der Waals surface area contributed by atoms with E-state index in [1.807, 2.05) is 49.4 Å². The molecule has 0 N–H and O–H groups in total. The molecule has 4 aromatic rings. The van der Waals surface area contributed by atoms with Gasteiger partial charge in [-0.05, 0) is 40.0 Å². The zero-order valence-corrected chi connectivity index (χ0v) is 22.8. The molecule has 0 aliphatic heterocycles. The van der Waals surface area contributed by atoms with Gasteiger partial charge in [-0.25, -0.2) is 0 Å². The Kier molecular flexibility index (Phi) is 7.85. The molecule has 2 unspecified atom stereocenters. The molecular formula is C31H34O2SSi. The van der Waals surface area contributed by atoms with Crippen LogP contribution in [0.3, 0.4) is 0 Å². The maximum absolute atomic E-state index is 13.6. The van der Waals surface area contributed by atoms with Crippen LogP contribution in [0, 0.1) is 6.92 Å². The molecule has 180 valence electrons. The first-order valence-electron chi connectivity index (χ1n) is 12.1. The molecule has 0 radical (unpaired) electrons. The van der Waals surface area contributed by atoms with Crippen molar-refractivity contribution < 1.29 is 8.63 Å². The minimum Gasteiger partial charge on any atom is -0.400 e. The van der Waals surface area contributed by atoms with Crippen LogP contribution in [-0.4, -0.2) is 18.3 Å². The van der Waals surface area contributed by atoms with E-state index in [2.05, 4.69) is 93.6 Å². The van der Waals surface area contributed by atoms with E-state index < -0.39 is 19.1 Å². The average molecular weight is 499 g/mol. The zero-order valence-electron chi connectivity index (χ0n) is 21.0. The van der Waals surface area contributed by atoms with Crippen LogP contribution in [0.2, 0.25) is 5.04 Å². The van der Waals surface area contributed by atoms with Gasteiger partial charge in [0.2, 0.25) is 0 Å². The molecule has 35 heavy (non-hydrogen) atoms. The molecule has 4 rings (SSSR count). The standard InChI is InChI=1S/C31H34O2SSi/c1-25-20-22-27(23-21-25)34(32)24-30(26-14-8-5-9-15-26)33-35(31(2,3)4,28-16-10-6-11-17-28)29-18-12-7-13-19-29/h5-23,30H,24H2,1-4H3.